The van der Waals surface area contributed by atoms with E-state index in [2.05, 4.69) is 4.90 Å². The lowest BCUT2D eigenvalue weighted by Crippen LogP contribution is -2.67. The summed E-state index contributed by atoms with van der Waals surface area (Å²) in [6.45, 7) is 5.32. The first kappa shape index (κ1) is 16.2. The van der Waals surface area contributed by atoms with Crippen LogP contribution in [0.15, 0.2) is 18.2 Å². The molecule has 4 rings (SSSR count). The Bertz CT molecular complexity index is 726. The molecule has 2 saturated heterocycles. The van der Waals surface area contributed by atoms with E-state index in [1.54, 1.807) is 0 Å². The zero-order valence-electron chi connectivity index (χ0n) is 13.9. The van der Waals surface area contributed by atoms with Crippen molar-refractivity contribution in [1.82, 2.24) is 4.90 Å². The summed E-state index contributed by atoms with van der Waals surface area (Å²) < 4.78 is 40.8. The number of rotatable bonds is 5. The molecule has 1 atom stereocenters. The van der Waals surface area contributed by atoms with Gasteiger partial charge in [0.1, 0.15) is 4.75 Å². The van der Waals surface area contributed by atoms with Gasteiger partial charge in [0.05, 0.1) is 12.4 Å². The van der Waals surface area contributed by atoms with Gasteiger partial charge < -0.3 is 14.2 Å². The van der Waals surface area contributed by atoms with Crippen molar-refractivity contribution in [3.05, 3.63) is 23.8 Å². The van der Waals surface area contributed by atoms with Gasteiger partial charge in [-0.2, -0.15) is 0 Å². The highest BCUT2D eigenvalue weighted by Gasteiger charge is 2.61. The Kier molecular flexibility index (Phi) is 3.97. The average molecular weight is 353 g/mol. The zero-order chi connectivity index (χ0) is 16.8. The van der Waals surface area contributed by atoms with Crippen LogP contribution in [0.1, 0.15) is 18.9 Å². The molecule has 0 aromatic heterocycles. The predicted molar refractivity (Wildman–Crippen MR) is 89.0 cm³/mol. The van der Waals surface area contributed by atoms with Gasteiger partial charge in [0, 0.05) is 32.2 Å². The smallest absolute Gasteiger partial charge is 0.231 e. The lowest BCUT2D eigenvalue weighted by Gasteiger charge is -2.50. The van der Waals surface area contributed by atoms with Crippen LogP contribution in [0.3, 0.4) is 0 Å². The van der Waals surface area contributed by atoms with Crippen LogP contribution >= 0.6 is 0 Å². The van der Waals surface area contributed by atoms with Gasteiger partial charge in [-0.3, -0.25) is 4.90 Å². The van der Waals surface area contributed by atoms with E-state index in [-0.39, 0.29) is 12.7 Å². The summed E-state index contributed by atoms with van der Waals surface area (Å²) in [5, 5.41) is 0. The summed E-state index contributed by atoms with van der Waals surface area (Å²) in [6.07, 6.45) is 0.722. The van der Waals surface area contributed by atoms with Crippen LogP contribution in [0.2, 0.25) is 0 Å². The van der Waals surface area contributed by atoms with Crippen LogP contribution in [-0.4, -0.2) is 56.9 Å². The van der Waals surface area contributed by atoms with Crippen molar-refractivity contribution in [3.63, 3.8) is 0 Å². The Balaban J connectivity index is 1.44. The quantitative estimate of drug-likeness (QED) is 0.798. The molecule has 3 aliphatic heterocycles. The van der Waals surface area contributed by atoms with Crippen LogP contribution in [0.4, 0.5) is 0 Å². The van der Waals surface area contributed by atoms with E-state index >= 15 is 0 Å². The topological polar surface area (TPSA) is 65.1 Å². The van der Waals surface area contributed by atoms with Crippen LogP contribution in [0.25, 0.3) is 0 Å². The average Bonchev–Trinajstić information content (AvgIpc) is 3.07. The molecule has 2 fully saturated rings. The van der Waals surface area contributed by atoms with Crippen molar-refractivity contribution < 1.29 is 22.6 Å². The molecule has 0 unspecified atom stereocenters. The fraction of sp³-hybridized carbons (Fsp3) is 0.647. The normalized spacial score (nSPS) is 26.6. The summed E-state index contributed by atoms with van der Waals surface area (Å²) in [6, 6.07) is 5.91. The van der Waals surface area contributed by atoms with Crippen LogP contribution in [-0.2, 0) is 21.1 Å². The SMILES string of the molecule is CCOC[C@@H]1CCS(=O)(=O)C12CN(Cc1ccc3c(c1)OCO3)C2. The summed E-state index contributed by atoms with van der Waals surface area (Å²) in [5.74, 6) is 1.96. The van der Waals surface area contributed by atoms with E-state index in [0.717, 1.165) is 30.0 Å². The largest absolute Gasteiger partial charge is 0.454 e. The molecule has 0 N–H and O–H groups in total. The molecule has 7 heteroatoms. The number of hydrogen-bond acceptors (Lipinski definition) is 6. The Labute approximate surface area is 142 Å². The minimum absolute atomic E-state index is 0.121. The number of fused-ring (bicyclic) bond motifs is 1. The highest BCUT2D eigenvalue weighted by atomic mass is 32.2. The summed E-state index contributed by atoms with van der Waals surface area (Å²) in [7, 11) is -3.03. The third-order valence-electron chi connectivity index (χ3n) is 5.45. The highest BCUT2D eigenvalue weighted by Crippen LogP contribution is 2.45. The molecule has 0 aliphatic carbocycles. The third kappa shape index (κ3) is 2.50. The fourth-order valence-electron chi connectivity index (χ4n) is 4.09. The Morgan fingerprint density at radius 2 is 2.08 bits per heavy atom. The number of ether oxygens (including phenoxy) is 3. The number of sulfone groups is 1. The molecule has 132 valence electrons. The zero-order valence-corrected chi connectivity index (χ0v) is 14.7. The van der Waals surface area contributed by atoms with Gasteiger partial charge in [-0.25, -0.2) is 8.42 Å². The van der Waals surface area contributed by atoms with Crippen molar-refractivity contribution >= 4 is 9.84 Å². The monoisotopic (exact) mass is 353 g/mol. The molecule has 0 saturated carbocycles. The minimum atomic E-state index is -3.03. The number of benzene rings is 1. The first-order valence-corrected chi connectivity index (χ1v) is 10.1. The molecule has 0 amide bonds. The molecule has 0 radical (unpaired) electrons. The van der Waals surface area contributed by atoms with E-state index in [9.17, 15) is 8.42 Å². The molecular formula is C17H23NO5S. The second-order valence-corrected chi connectivity index (χ2v) is 9.31. The van der Waals surface area contributed by atoms with E-state index in [1.165, 1.54) is 0 Å². The van der Waals surface area contributed by atoms with Gasteiger partial charge in [-0.15, -0.1) is 0 Å². The summed E-state index contributed by atoms with van der Waals surface area (Å²) in [5.41, 5.74) is 1.12. The first-order chi connectivity index (χ1) is 11.5. The van der Waals surface area contributed by atoms with Crippen molar-refractivity contribution in [2.24, 2.45) is 5.92 Å². The van der Waals surface area contributed by atoms with Gasteiger partial charge >= 0.3 is 0 Å². The van der Waals surface area contributed by atoms with E-state index in [4.69, 9.17) is 14.2 Å². The highest BCUT2D eigenvalue weighted by molar-refractivity contribution is 7.93. The van der Waals surface area contributed by atoms with Crippen molar-refractivity contribution in [1.29, 1.82) is 0 Å². The van der Waals surface area contributed by atoms with Gasteiger partial charge in [-0.05, 0) is 31.0 Å². The fourth-order valence-corrected chi connectivity index (χ4v) is 6.54. The molecule has 0 bridgehead atoms. The minimum Gasteiger partial charge on any atom is -0.454 e. The number of likely N-dealkylation sites (tertiary alicyclic amines) is 1. The van der Waals surface area contributed by atoms with Crippen LogP contribution < -0.4 is 9.47 Å². The second kappa shape index (κ2) is 5.89. The van der Waals surface area contributed by atoms with Gasteiger partial charge in [0.25, 0.3) is 0 Å². The van der Waals surface area contributed by atoms with Gasteiger partial charge in [0.2, 0.25) is 6.79 Å². The molecular weight excluding hydrogens is 330 g/mol. The molecule has 6 nitrogen and oxygen atoms in total. The number of nitrogens with zero attached hydrogens (tertiary/aromatic N) is 1. The van der Waals surface area contributed by atoms with Crippen molar-refractivity contribution in [2.75, 3.05) is 38.8 Å². The Hall–Kier alpha value is -1.31. The lowest BCUT2D eigenvalue weighted by molar-refractivity contribution is 0.0292. The summed E-state index contributed by atoms with van der Waals surface area (Å²) >= 11 is 0. The third-order valence-corrected chi connectivity index (χ3v) is 8.05. The van der Waals surface area contributed by atoms with E-state index in [0.29, 0.717) is 32.1 Å². The second-order valence-electron chi connectivity index (χ2n) is 6.86. The number of hydrogen-bond donors (Lipinski definition) is 0. The predicted octanol–water partition coefficient (Wildman–Crippen LogP) is 1.44. The molecule has 24 heavy (non-hydrogen) atoms. The maximum Gasteiger partial charge on any atom is 0.231 e. The molecule has 1 aromatic rings. The van der Waals surface area contributed by atoms with E-state index in [1.807, 2.05) is 25.1 Å². The standard InChI is InChI=1S/C17H23NO5S/c1-2-21-9-14-5-6-24(19,20)17(14)10-18(11-17)8-13-3-4-15-16(7-13)23-12-22-15/h3-4,7,14H,2,5-6,8-12H2,1H3/t14-/m0/s1. The molecule has 1 spiro atoms. The van der Waals surface area contributed by atoms with E-state index < -0.39 is 14.6 Å². The molecule has 1 aromatic carbocycles. The summed E-state index contributed by atoms with van der Waals surface area (Å²) in [4.78, 5) is 2.19. The van der Waals surface area contributed by atoms with Crippen LogP contribution in [0.5, 0.6) is 11.5 Å². The van der Waals surface area contributed by atoms with Crippen molar-refractivity contribution in [3.8, 4) is 11.5 Å². The van der Waals surface area contributed by atoms with Crippen LogP contribution in [0, 0.1) is 5.92 Å². The maximum absolute atomic E-state index is 12.6. The van der Waals surface area contributed by atoms with Gasteiger partial charge in [0.15, 0.2) is 21.3 Å². The first-order valence-electron chi connectivity index (χ1n) is 8.45. The Morgan fingerprint density at radius 1 is 1.29 bits per heavy atom. The van der Waals surface area contributed by atoms with Gasteiger partial charge in [-0.1, -0.05) is 6.07 Å². The lowest BCUT2D eigenvalue weighted by atomic mass is 9.83. The Morgan fingerprint density at radius 3 is 2.88 bits per heavy atom. The molecule has 3 heterocycles. The molecule has 3 aliphatic rings. The van der Waals surface area contributed by atoms with Crippen molar-refractivity contribution in [2.45, 2.75) is 24.6 Å². The maximum atomic E-state index is 12.6.